The molecule has 0 fully saturated rings. The van der Waals surface area contributed by atoms with Crippen molar-refractivity contribution < 1.29 is 8.42 Å². The lowest BCUT2D eigenvalue weighted by molar-refractivity contribution is 0.592. The fourth-order valence-corrected chi connectivity index (χ4v) is 2.28. The summed E-state index contributed by atoms with van der Waals surface area (Å²) in [7, 11) is -2.02. The molecule has 15 heavy (non-hydrogen) atoms. The van der Waals surface area contributed by atoms with E-state index >= 15 is 0 Å². The van der Waals surface area contributed by atoms with Crippen molar-refractivity contribution in [2.45, 2.75) is 18.6 Å². The van der Waals surface area contributed by atoms with Crippen LogP contribution in [0.2, 0.25) is 0 Å². The Labute approximate surface area is 88.6 Å². The number of hydrogen-bond acceptors (Lipinski definition) is 4. The molecule has 0 saturated carbocycles. The van der Waals surface area contributed by atoms with Gasteiger partial charge in [-0.25, -0.2) is 8.42 Å². The van der Waals surface area contributed by atoms with Gasteiger partial charge in [-0.1, -0.05) is 6.92 Å². The Morgan fingerprint density at radius 3 is 2.80 bits per heavy atom. The first-order chi connectivity index (χ1) is 7.01. The molecule has 1 atom stereocenters. The molecule has 0 aliphatic heterocycles. The van der Waals surface area contributed by atoms with Gasteiger partial charge < -0.3 is 0 Å². The van der Waals surface area contributed by atoms with E-state index in [0.29, 0.717) is 5.82 Å². The van der Waals surface area contributed by atoms with Crippen LogP contribution in [0.1, 0.15) is 13.3 Å². The van der Waals surface area contributed by atoms with Gasteiger partial charge in [0.1, 0.15) is 5.82 Å². The van der Waals surface area contributed by atoms with Gasteiger partial charge in [-0.05, 0) is 6.42 Å². The number of aromatic nitrogens is 2. The van der Waals surface area contributed by atoms with Gasteiger partial charge in [0.05, 0.1) is 12.3 Å². The summed E-state index contributed by atoms with van der Waals surface area (Å²) in [5.41, 5.74) is 0. The highest BCUT2D eigenvalue weighted by molar-refractivity contribution is 7.93. The van der Waals surface area contributed by atoms with Crippen LogP contribution < -0.4 is 4.72 Å². The normalized spacial score (nSPS) is 13.1. The highest BCUT2D eigenvalue weighted by Gasteiger charge is 2.23. The maximum atomic E-state index is 11.6. The summed E-state index contributed by atoms with van der Waals surface area (Å²) in [4.78, 5) is 0. The van der Waals surface area contributed by atoms with Crippen molar-refractivity contribution in [3.8, 4) is 6.07 Å². The predicted octanol–water partition coefficient (Wildman–Crippen LogP) is 0.464. The van der Waals surface area contributed by atoms with Gasteiger partial charge >= 0.3 is 0 Å². The highest BCUT2D eigenvalue weighted by Crippen LogP contribution is 2.11. The largest absolute Gasteiger partial charge is 0.266 e. The number of nitrogens with one attached hydrogen (secondary N) is 1. The van der Waals surface area contributed by atoms with E-state index < -0.39 is 15.3 Å². The first-order valence-electron chi connectivity index (χ1n) is 4.40. The van der Waals surface area contributed by atoms with Crippen LogP contribution in [0.4, 0.5) is 5.82 Å². The van der Waals surface area contributed by atoms with Crippen molar-refractivity contribution in [1.82, 2.24) is 9.78 Å². The number of aryl methyl sites for hydroxylation is 1. The first kappa shape index (κ1) is 11.5. The summed E-state index contributed by atoms with van der Waals surface area (Å²) in [6, 6.07) is 3.27. The van der Waals surface area contributed by atoms with Crippen LogP contribution in [0.3, 0.4) is 0 Å². The number of anilines is 1. The molecule has 0 amide bonds. The maximum absolute atomic E-state index is 11.6. The van der Waals surface area contributed by atoms with E-state index in [9.17, 15) is 8.42 Å². The van der Waals surface area contributed by atoms with Crippen LogP contribution in [-0.2, 0) is 17.1 Å². The van der Waals surface area contributed by atoms with Crippen LogP contribution in [0, 0.1) is 11.3 Å². The molecule has 1 aromatic rings. The Morgan fingerprint density at radius 2 is 2.40 bits per heavy atom. The predicted molar refractivity (Wildman–Crippen MR) is 55.4 cm³/mol. The molecule has 1 heterocycles. The zero-order chi connectivity index (χ0) is 11.5. The Bertz CT molecular complexity index is 471. The first-order valence-corrected chi connectivity index (χ1v) is 5.95. The summed E-state index contributed by atoms with van der Waals surface area (Å²) >= 11 is 0. The number of rotatable bonds is 4. The Hall–Kier alpha value is -1.55. The average molecular weight is 228 g/mol. The lowest BCUT2D eigenvalue weighted by atomic mass is 10.4. The van der Waals surface area contributed by atoms with E-state index in [1.165, 1.54) is 16.9 Å². The van der Waals surface area contributed by atoms with E-state index in [2.05, 4.69) is 9.82 Å². The number of nitriles is 1. The van der Waals surface area contributed by atoms with E-state index in [-0.39, 0.29) is 6.42 Å². The average Bonchev–Trinajstić information content (AvgIpc) is 2.52. The van der Waals surface area contributed by atoms with Gasteiger partial charge in [-0.3, -0.25) is 9.40 Å². The quantitative estimate of drug-likeness (QED) is 0.811. The van der Waals surface area contributed by atoms with Crippen molar-refractivity contribution in [3.63, 3.8) is 0 Å². The van der Waals surface area contributed by atoms with Gasteiger partial charge in [-0.15, -0.1) is 0 Å². The molecular formula is C8H12N4O2S. The molecule has 0 saturated heterocycles. The number of nitrogens with zero attached hydrogens (tertiary/aromatic N) is 3. The molecule has 0 bridgehead atoms. The third kappa shape index (κ3) is 2.47. The van der Waals surface area contributed by atoms with Crippen molar-refractivity contribution in [2.75, 3.05) is 4.72 Å². The molecule has 82 valence electrons. The van der Waals surface area contributed by atoms with Gasteiger partial charge in [-0.2, -0.15) is 10.4 Å². The molecule has 1 unspecified atom stereocenters. The molecule has 1 N–H and O–H groups in total. The van der Waals surface area contributed by atoms with Crippen molar-refractivity contribution >= 4 is 15.8 Å². The molecule has 0 radical (unpaired) electrons. The minimum absolute atomic E-state index is 0.254. The van der Waals surface area contributed by atoms with Crippen LogP contribution in [0.25, 0.3) is 0 Å². The van der Waals surface area contributed by atoms with Crippen molar-refractivity contribution in [1.29, 1.82) is 5.26 Å². The van der Waals surface area contributed by atoms with Crippen LogP contribution in [-0.4, -0.2) is 23.4 Å². The third-order valence-corrected chi connectivity index (χ3v) is 3.64. The third-order valence-electron chi connectivity index (χ3n) is 1.96. The second-order valence-corrected chi connectivity index (χ2v) is 4.88. The lowest BCUT2D eigenvalue weighted by Gasteiger charge is -2.10. The Kier molecular flexibility index (Phi) is 3.31. The van der Waals surface area contributed by atoms with E-state index in [1.54, 1.807) is 20.0 Å². The lowest BCUT2D eigenvalue weighted by Crippen LogP contribution is -2.26. The zero-order valence-electron chi connectivity index (χ0n) is 8.51. The fourth-order valence-electron chi connectivity index (χ4n) is 1.07. The summed E-state index contributed by atoms with van der Waals surface area (Å²) in [5, 5.41) is 11.5. The zero-order valence-corrected chi connectivity index (χ0v) is 9.32. The van der Waals surface area contributed by atoms with E-state index in [0.717, 1.165) is 0 Å². The topological polar surface area (TPSA) is 87.8 Å². The Balaban J connectivity index is 2.92. The summed E-state index contributed by atoms with van der Waals surface area (Å²) < 4.78 is 27.0. The van der Waals surface area contributed by atoms with Gasteiger partial charge in [0.15, 0.2) is 5.25 Å². The summed E-state index contributed by atoms with van der Waals surface area (Å²) in [6.45, 7) is 1.65. The molecule has 1 aromatic heterocycles. The molecule has 0 aromatic carbocycles. The minimum Gasteiger partial charge on any atom is -0.266 e. The molecule has 0 aliphatic rings. The van der Waals surface area contributed by atoms with E-state index in [4.69, 9.17) is 5.26 Å². The Morgan fingerprint density at radius 1 is 1.73 bits per heavy atom. The number of hydrogen-bond donors (Lipinski definition) is 1. The number of sulfonamides is 1. The van der Waals surface area contributed by atoms with Crippen LogP contribution in [0.5, 0.6) is 0 Å². The molecule has 7 heteroatoms. The highest BCUT2D eigenvalue weighted by atomic mass is 32.2. The molecule has 6 nitrogen and oxygen atoms in total. The summed E-state index contributed by atoms with van der Waals surface area (Å²) in [5.74, 6) is 0.351. The second-order valence-electron chi connectivity index (χ2n) is 3.01. The summed E-state index contributed by atoms with van der Waals surface area (Å²) in [6.07, 6.45) is 1.73. The van der Waals surface area contributed by atoms with Crippen LogP contribution in [0.15, 0.2) is 12.3 Å². The minimum atomic E-state index is -3.64. The smallest absolute Gasteiger partial charge is 0.250 e. The van der Waals surface area contributed by atoms with E-state index in [1.807, 2.05) is 0 Å². The SMILES string of the molecule is CCC(C#N)S(=O)(=O)Nc1ccnn1C. The van der Waals surface area contributed by atoms with Gasteiger partial charge in [0.25, 0.3) is 0 Å². The van der Waals surface area contributed by atoms with Crippen molar-refractivity contribution in [3.05, 3.63) is 12.3 Å². The molecule has 1 rings (SSSR count). The molecule has 0 spiro atoms. The van der Waals surface area contributed by atoms with Crippen LogP contribution >= 0.6 is 0 Å². The van der Waals surface area contributed by atoms with Gasteiger partial charge in [0, 0.05) is 13.1 Å². The second kappa shape index (κ2) is 4.31. The van der Waals surface area contributed by atoms with Gasteiger partial charge in [0.2, 0.25) is 10.0 Å². The van der Waals surface area contributed by atoms with Crippen molar-refractivity contribution in [2.24, 2.45) is 7.05 Å². The fraction of sp³-hybridized carbons (Fsp3) is 0.500. The maximum Gasteiger partial charge on any atom is 0.250 e. The molecule has 0 aliphatic carbocycles. The molecular weight excluding hydrogens is 216 g/mol. The standard InChI is InChI=1S/C8H12N4O2S/c1-3-7(6-9)15(13,14)11-8-4-5-10-12(8)2/h4-5,7,11H,3H2,1-2H3. The monoisotopic (exact) mass is 228 g/mol.